The highest BCUT2D eigenvalue weighted by molar-refractivity contribution is 5.92. The molecule has 84 valence electrons. The molecule has 0 aromatic carbocycles. The summed E-state index contributed by atoms with van der Waals surface area (Å²) in [6.07, 6.45) is 0.0242. The second-order valence-electron chi connectivity index (χ2n) is 5.52. The van der Waals surface area contributed by atoms with E-state index in [-0.39, 0.29) is 18.0 Å². The van der Waals surface area contributed by atoms with Crippen LogP contribution in [0.1, 0.15) is 34.1 Å². The van der Waals surface area contributed by atoms with Crippen molar-refractivity contribution >= 4 is 5.78 Å². The molecule has 4 nitrogen and oxygen atoms in total. The quantitative estimate of drug-likeness (QED) is 0.601. The highest BCUT2D eigenvalue weighted by Gasteiger charge is 2.74. The predicted molar refractivity (Wildman–Crippen MR) is 51.3 cm³/mol. The van der Waals surface area contributed by atoms with Crippen LogP contribution >= 0.6 is 0 Å². The van der Waals surface area contributed by atoms with Crippen molar-refractivity contribution in [1.29, 1.82) is 0 Å². The number of ketones is 1. The number of carbonyl (C=O) groups is 1. The molecule has 2 bridgehead atoms. The number of ether oxygens (including phenoxy) is 3. The zero-order valence-electron chi connectivity index (χ0n) is 9.49. The topological polar surface area (TPSA) is 44.8 Å². The Morgan fingerprint density at radius 3 is 2.53 bits per heavy atom. The fraction of sp³-hybridized carbons (Fsp3) is 0.909. The van der Waals surface area contributed by atoms with E-state index in [1.165, 1.54) is 0 Å². The first-order valence-electron chi connectivity index (χ1n) is 5.37. The maximum Gasteiger partial charge on any atom is 0.169 e. The molecular formula is C11H16O4. The molecule has 0 radical (unpaired) electrons. The molecule has 3 heterocycles. The lowest BCUT2D eigenvalue weighted by molar-refractivity contribution is -0.203. The smallest absolute Gasteiger partial charge is 0.169 e. The normalized spacial score (nSPS) is 56.1. The Kier molecular flexibility index (Phi) is 1.49. The van der Waals surface area contributed by atoms with Gasteiger partial charge in [0.05, 0.1) is 6.10 Å². The van der Waals surface area contributed by atoms with Gasteiger partial charge >= 0.3 is 0 Å². The number of carbonyl (C=O) groups excluding carboxylic acids is 1. The molecule has 3 fully saturated rings. The molecule has 3 aliphatic rings. The van der Waals surface area contributed by atoms with Crippen LogP contribution in [-0.2, 0) is 19.0 Å². The van der Waals surface area contributed by atoms with Crippen molar-refractivity contribution in [1.82, 2.24) is 0 Å². The Bertz CT molecular complexity index is 350. The van der Waals surface area contributed by atoms with E-state index in [0.717, 1.165) is 0 Å². The zero-order chi connectivity index (χ0) is 11.1. The van der Waals surface area contributed by atoms with Crippen molar-refractivity contribution < 1.29 is 19.0 Å². The van der Waals surface area contributed by atoms with E-state index in [9.17, 15) is 4.79 Å². The molecule has 3 saturated heterocycles. The molecule has 4 heteroatoms. The van der Waals surface area contributed by atoms with Gasteiger partial charge in [-0.05, 0) is 27.7 Å². The van der Waals surface area contributed by atoms with Crippen molar-refractivity contribution in [3.05, 3.63) is 0 Å². The van der Waals surface area contributed by atoms with E-state index >= 15 is 0 Å². The van der Waals surface area contributed by atoms with Crippen molar-refractivity contribution in [3.63, 3.8) is 0 Å². The summed E-state index contributed by atoms with van der Waals surface area (Å²) in [7, 11) is 0. The number of fused-ring (bicyclic) bond motifs is 5. The SMILES string of the molecule is CC1(C)O[C@H]2[C@@](C)(O1)[C@@H]1CC(=O)[C@@]2(C)O1. The van der Waals surface area contributed by atoms with E-state index in [1.54, 1.807) is 0 Å². The van der Waals surface area contributed by atoms with E-state index in [2.05, 4.69) is 0 Å². The minimum absolute atomic E-state index is 0.135. The fourth-order valence-corrected chi connectivity index (χ4v) is 3.20. The van der Waals surface area contributed by atoms with Gasteiger partial charge in [-0.2, -0.15) is 0 Å². The second kappa shape index (κ2) is 2.29. The van der Waals surface area contributed by atoms with Gasteiger partial charge in [0.25, 0.3) is 0 Å². The lowest BCUT2D eigenvalue weighted by Gasteiger charge is -2.31. The van der Waals surface area contributed by atoms with Crippen LogP contribution < -0.4 is 0 Å². The monoisotopic (exact) mass is 212 g/mol. The largest absolute Gasteiger partial charge is 0.358 e. The third-order valence-electron chi connectivity index (χ3n) is 3.84. The summed E-state index contributed by atoms with van der Waals surface area (Å²) in [6.45, 7) is 7.55. The summed E-state index contributed by atoms with van der Waals surface area (Å²) in [5.74, 6) is -0.482. The number of Topliss-reactive ketones (excluding diaryl/α,β-unsaturated/α-hetero) is 1. The van der Waals surface area contributed by atoms with Crippen molar-refractivity contribution in [2.75, 3.05) is 0 Å². The Morgan fingerprint density at radius 1 is 1.20 bits per heavy atom. The van der Waals surface area contributed by atoms with Crippen LogP contribution in [-0.4, -0.2) is 35.0 Å². The summed E-state index contributed by atoms with van der Waals surface area (Å²) in [5, 5.41) is 0. The molecule has 0 amide bonds. The maximum absolute atomic E-state index is 11.8. The average molecular weight is 212 g/mol. The summed E-state index contributed by atoms with van der Waals surface area (Å²) in [5.41, 5.74) is -1.26. The molecule has 0 N–H and O–H groups in total. The lowest BCUT2D eigenvalue weighted by atomic mass is 9.76. The Morgan fingerprint density at radius 2 is 1.87 bits per heavy atom. The first-order valence-corrected chi connectivity index (χ1v) is 5.37. The minimum Gasteiger partial charge on any atom is -0.358 e. The van der Waals surface area contributed by atoms with Crippen LogP contribution in [0.15, 0.2) is 0 Å². The molecule has 0 spiro atoms. The standard InChI is InChI=1S/C11H16O4/c1-9(2)14-8-10(3)6(12)5-7(13-10)11(8,4)15-9/h7-8H,5H2,1-4H3/t7-,8+,10+,11-/m0/s1. The van der Waals surface area contributed by atoms with Gasteiger partial charge in [0.15, 0.2) is 17.2 Å². The van der Waals surface area contributed by atoms with Gasteiger partial charge in [-0.1, -0.05) is 0 Å². The van der Waals surface area contributed by atoms with E-state index < -0.39 is 17.0 Å². The molecule has 0 aliphatic carbocycles. The predicted octanol–water partition coefficient (Wildman–Crippen LogP) is 1.03. The van der Waals surface area contributed by atoms with E-state index in [0.29, 0.717) is 6.42 Å². The van der Waals surface area contributed by atoms with Gasteiger partial charge in [0.1, 0.15) is 11.7 Å². The molecule has 0 aromatic rings. The van der Waals surface area contributed by atoms with Gasteiger partial charge in [0, 0.05) is 6.42 Å². The van der Waals surface area contributed by atoms with Crippen molar-refractivity contribution in [2.45, 2.75) is 63.3 Å². The summed E-state index contributed by atoms with van der Waals surface area (Å²) >= 11 is 0. The van der Waals surface area contributed by atoms with E-state index in [4.69, 9.17) is 14.2 Å². The molecule has 4 atom stereocenters. The van der Waals surface area contributed by atoms with E-state index in [1.807, 2.05) is 27.7 Å². The Balaban J connectivity index is 2.06. The number of hydrogen-bond acceptors (Lipinski definition) is 4. The highest BCUT2D eigenvalue weighted by atomic mass is 16.8. The molecule has 3 aliphatic heterocycles. The molecule has 0 saturated carbocycles. The second-order valence-corrected chi connectivity index (χ2v) is 5.52. The molecule has 0 unspecified atom stereocenters. The van der Waals surface area contributed by atoms with Crippen LogP contribution in [0.3, 0.4) is 0 Å². The average Bonchev–Trinajstić information content (AvgIpc) is 2.56. The molecule has 0 aromatic heterocycles. The maximum atomic E-state index is 11.8. The van der Waals surface area contributed by atoms with Gasteiger partial charge in [-0.15, -0.1) is 0 Å². The number of hydrogen-bond donors (Lipinski definition) is 0. The third kappa shape index (κ3) is 0.953. The van der Waals surface area contributed by atoms with Crippen LogP contribution in [0.4, 0.5) is 0 Å². The van der Waals surface area contributed by atoms with Crippen LogP contribution in [0, 0.1) is 0 Å². The first-order chi connectivity index (χ1) is 6.78. The minimum atomic E-state index is -0.798. The van der Waals surface area contributed by atoms with Crippen molar-refractivity contribution in [2.24, 2.45) is 0 Å². The lowest BCUT2D eigenvalue weighted by Crippen LogP contribution is -2.54. The molecule has 15 heavy (non-hydrogen) atoms. The number of rotatable bonds is 0. The summed E-state index contributed by atoms with van der Waals surface area (Å²) in [6, 6.07) is 0. The fourth-order valence-electron chi connectivity index (χ4n) is 3.20. The highest BCUT2D eigenvalue weighted by Crippen LogP contribution is 2.56. The Hall–Kier alpha value is -0.450. The van der Waals surface area contributed by atoms with Gasteiger partial charge in [-0.25, -0.2) is 0 Å². The first kappa shape index (κ1) is 9.75. The third-order valence-corrected chi connectivity index (χ3v) is 3.84. The molecule has 3 rings (SSSR count). The van der Waals surface area contributed by atoms with Crippen LogP contribution in [0.2, 0.25) is 0 Å². The summed E-state index contributed by atoms with van der Waals surface area (Å²) in [4.78, 5) is 11.8. The Labute approximate surface area is 88.9 Å². The van der Waals surface area contributed by atoms with Gasteiger partial charge in [-0.3, -0.25) is 4.79 Å². The van der Waals surface area contributed by atoms with Crippen LogP contribution in [0.25, 0.3) is 0 Å². The van der Waals surface area contributed by atoms with Crippen LogP contribution in [0.5, 0.6) is 0 Å². The zero-order valence-corrected chi connectivity index (χ0v) is 9.49. The van der Waals surface area contributed by atoms with Gasteiger partial charge in [0.2, 0.25) is 0 Å². The van der Waals surface area contributed by atoms with Gasteiger partial charge < -0.3 is 14.2 Å². The summed E-state index contributed by atoms with van der Waals surface area (Å²) < 4.78 is 17.5. The molecular weight excluding hydrogens is 196 g/mol. The van der Waals surface area contributed by atoms with Crippen molar-refractivity contribution in [3.8, 4) is 0 Å².